The van der Waals surface area contributed by atoms with Crippen molar-refractivity contribution in [2.75, 3.05) is 46.3 Å². The summed E-state index contributed by atoms with van der Waals surface area (Å²) >= 11 is 0. The maximum absolute atomic E-state index is 12.0. The van der Waals surface area contributed by atoms with Crippen molar-refractivity contribution in [1.82, 2.24) is 20.4 Å². The monoisotopic (exact) mass is 499 g/mol. The second-order valence-corrected chi connectivity index (χ2v) is 7.85. The van der Waals surface area contributed by atoms with E-state index in [9.17, 15) is 4.79 Å². The van der Waals surface area contributed by atoms with Gasteiger partial charge in [0, 0.05) is 45.8 Å². The summed E-state index contributed by atoms with van der Waals surface area (Å²) < 4.78 is 0. The predicted octanol–water partition coefficient (Wildman–Crippen LogP) is 2.19. The fourth-order valence-corrected chi connectivity index (χ4v) is 3.49. The number of halogens is 1. The lowest BCUT2D eigenvalue weighted by Gasteiger charge is -2.36. The predicted molar refractivity (Wildman–Crippen MR) is 126 cm³/mol. The van der Waals surface area contributed by atoms with E-state index in [4.69, 9.17) is 0 Å². The number of benzene rings is 1. The summed E-state index contributed by atoms with van der Waals surface area (Å²) in [6.07, 6.45) is 2.28. The molecular weight excluding hydrogens is 465 g/mol. The maximum Gasteiger partial charge on any atom is 0.234 e. The molecule has 0 aromatic heterocycles. The van der Waals surface area contributed by atoms with Crippen LogP contribution < -0.4 is 10.6 Å². The van der Waals surface area contributed by atoms with Gasteiger partial charge in [-0.2, -0.15) is 0 Å². The van der Waals surface area contributed by atoms with Crippen LogP contribution in [0.2, 0.25) is 0 Å². The second-order valence-electron chi connectivity index (χ2n) is 7.85. The Labute approximate surface area is 186 Å². The number of guanidine groups is 1. The third-order valence-electron chi connectivity index (χ3n) is 5.37. The molecule has 1 aliphatic carbocycles. The van der Waals surface area contributed by atoms with E-state index in [0.29, 0.717) is 18.5 Å². The van der Waals surface area contributed by atoms with E-state index in [1.54, 1.807) is 0 Å². The van der Waals surface area contributed by atoms with Gasteiger partial charge in [-0.1, -0.05) is 36.8 Å². The highest BCUT2D eigenvalue weighted by Gasteiger charge is 2.26. The summed E-state index contributed by atoms with van der Waals surface area (Å²) in [4.78, 5) is 21.0. The van der Waals surface area contributed by atoms with Gasteiger partial charge in [-0.3, -0.25) is 14.7 Å². The van der Waals surface area contributed by atoms with Crippen LogP contribution in [0.5, 0.6) is 0 Å². The van der Waals surface area contributed by atoms with Crippen LogP contribution in [-0.2, 0) is 4.79 Å². The third-order valence-corrected chi connectivity index (χ3v) is 5.37. The number of carbonyl (C=O) groups is 1. The zero-order valence-electron chi connectivity index (χ0n) is 17.3. The van der Waals surface area contributed by atoms with Crippen molar-refractivity contribution in [2.45, 2.75) is 38.6 Å². The van der Waals surface area contributed by atoms with Crippen LogP contribution in [0.25, 0.3) is 0 Å². The molecule has 1 aliphatic heterocycles. The van der Waals surface area contributed by atoms with Crippen LogP contribution in [0.1, 0.15) is 36.8 Å². The maximum atomic E-state index is 12.0. The van der Waals surface area contributed by atoms with Gasteiger partial charge in [0.1, 0.15) is 0 Å². The molecule has 7 heteroatoms. The zero-order chi connectivity index (χ0) is 19.2. The van der Waals surface area contributed by atoms with E-state index in [2.05, 4.69) is 63.5 Å². The van der Waals surface area contributed by atoms with Crippen molar-refractivity contribution in [3.05, 3.63) is 35.4 Å². The molecule has 156 valence electrons. The fourth-order valence-electron chi connectivity index (χ4n) is 3.49. The number of hydrogen-bond acceptors (Lipinski definition) is 3. The van der Waals surface area contributed by atoms with Crippen molar-refractivity contribution >= 4 is 35.8 Å². The standard InChI is InChI=1S/C21H33N5O.HI/c1-16-5-4-6-18(13-16)17(2)14-23-21(22-3)26-11-9-25(10-12-26)15-20(27)24-19-7-8-19;/h4-6,13,17,19H,7-12,14-15H2,1-3H3,(H,22,23)(H,24,27);1H. The van der Waals surface area contributed by atoms with Crippen LogP contribution >= 0.6 is 24.0 Å². The molecule has 0 spiro atoms. The summed E-state index contributed by atoms with van der Waals surface area (Å²) in [5.41, 5.74) is 2.65. The summed E-state index contributed by atoms with van der Waals surface area (Å²) in [6.45, 7) is 9.34. The fraction of sp³-hybridized carbons (Fsp3) is 0.619. The first-order valence-corrected chi connectivity index (χ1v) is 10.1. The summed E-state index contributed by atoms with van der Waals surface area (Å²) in [7, 11) is 1.84. The Morgan fingerprint density at radius 3 is 2.57 bits per heavy atom. The van der Waals surface area contributed by atoms with Crippen molar-refractivity contribution in [2.24, 2.45) is 4.99 Å². The molecule has 28 heavy (non-hydrogen) atoms. The van der Waals surface area contributed by atoms with Gasteiger partial charge in [0.2, 0.25) is 5.91 Å². The molecule has 6 nitrogen and oxygen atoms in total. The average molecular weight is 499 g/mol. The number of aliphatic imine (C=N–C) groups is 1. The first-order chi connectivity index (χ1) is 13.0. The number of hydrogen-bond donors (Lipinski definition) is 2. The van der Waals surface area contributed by atoms with Gasteiger partial charge >= 0.3 is 0 Å². The average Bonchev–Trinajstić information content (AvgIpc) is 3.47. The van der Waals surface area contributed by atoms with Gasteiger partial charge in [-0.05, 0) is 31.2 Å². The molecule has 1 amide bonds. The SMILES string of the molecule is CN=C(NCC(C)c1cccc(C)c1)N1CCN(CC(=O)NC2CC2)CC1.I. The van der Waals surface area contributed by atoms with E-state index < -0.39 is 0 Å². The third kappa shape index (κ3) is 6.92. The van der Waals surface area contributed by atoms with Crippen molar-refractivity contribution < 1.29 is 4.79 Å². The molecule has 1 aromatic carbocycles. The van der Waals surface area contributed by atoms with Crippen LogP contribution in [0.15, 0.2) is 29.3 Å². The minimum atomic E-state index is 0. The Balaban J connectivity index is 0.00000280. The normalized spacial score (nSPS) is 19.0. The Hall–Kier alpha value is -1.35. The van der Waals surface area contributed by atoms with Gasteiger partial charge in [-0.25, -0.2) is 0 Å². The molecule has 1 unspecified atom stereocenters. The smallest absolute Gasteiger partial charge is 0.234 e. The van der Waals surface area contributed by atoms with E-state index in [1.165, 1.54) is 11.1 Å². The molecule has 1 saturated carbocycles. The lowest BCUT2D eigenvalue weighted by molar-refractivity contribution is -0.122. The van der Waals surface area contributed by atoms with Gasteiger partial charge in [0.25, 0.3) is 0 Å². The Bertz CT molecular complexity index is 669. The summed E-state index contributed by atoms with van der Waals surface area (Å²) in [5.74, 6) is 1.55. The molecule has 1 saturated heterocycles. The van der Waals surface area contributed by atoms with Gasteiger partial charge in [-0.15, -0.1) is 24.0 Å². The van der Waals surface area contributed by atoms with E-state index in [-0.39, 0.29) is 29.9 Å². The van der Waals surface area contributed by atoms with Crippen molar-refractivity contribution in [1.29, 1.82) is 0 Å². The largest absolute Gasteiger partial charge is 0.356 e. The van der Waals surface area contributed by atoms with Crippen LogP contribution in [-0.4, -0.2) is 74.0 Å². The molecule has 1 aromatic rings. The number of amides is 1. The summed E-state index contributed by atoms with van der Waals surface area (Å²) in [5, 5.41) is 6.59. The van der Waals surface area contributed by atoms with Crippen LogP contribution in [0.3, 0.4) is 0 Å². The molecule has 3 rings (SSSR count). The highest BCUT2D eigenvalue weighted by atomic mass is 127. The molecule has 2 N–H and O–H groups in total. The lowest BCUT2D eigenvalue weighted by atomic mass is 9.99. The van der Waals surface area contributed by atoms with E-state index >= 15 is 0 Å². The molecule has 0 bridgehead atoms. The van der Waals surface area contributed by atoms with Crippen molar-refractivity contribution in [3.8, 4) is 0 Å². The van der Waals surface area contributed by atoms with Crippen LogP contribution in [0.4, 0.5) is 0 Å². The first kappa shape index (κ1) is 22.9. The minimum absolute atomic E-state index is 0. The number of rotatable bonds is 6. The van der Waals surface area contributed by atoms with Gasteiger partial charge in [0.15, 0.2) is 5.96 Å². The van der Waals surface area contributed by atoms with Crippen molar-refractivity contribution in [3.63, 3.8) is 0 Å². The highest BCUT2D eigenvalue weighted by molar-refractivity contribution is 14.0. The number of nitrogens with zero attached hydrogens (tertiary/aromatic N) is 3. The highest BCUT2D eigenvalue weighted by Crippen LogP contribution is 2.18. The molecule has 1 atom stereocenters. The number of carbonyl (C=O) groups excluding carboxylic acids is 1. The second kappa shape index (κ2) is 11.0. The Kier molecular flexibility index (Phi) is 9.01. The van der Waals surface area contributed by atoms with Gasteiger partial charge < -0.3 is 15.5 Å². The molecule has 0 radical (unpaired) electrons. The molecule has 2 fully saturated rings. The quantitative estimate of drug-likeness (QED) is 0.358. The van der Waals surface area contributed by atoms with Gasteiger partial charge in [0.05, 0.1) is 6.54 Å². The minimum Gasteiger partial charge on any atom is -0.356 e. The Morgan fingerprint density at radius 2 is 1.96 bits per heavy atom. The lowest BCUT2D eigenvalue weighted by Crippen LogP contribution is -2.54. The van der Waals surface area contributed by atoms with E-state index in [0.717, 1.165) is 51.5 Å². The summed E-state index contributed by atoms with van der Waals surface area (Å²) in [6, 6.07) is 9.13. The number of piperazine rings is 1. The first-order valence-electron chi connectivity index (χ1n) is 10.1. The topological polar surface area (TPSA) is 60.0 Å². The number of nitrogens with one attached hydrogen (secondary N) is 2. The Morgan fingerprint density at radius 1 is 1.25 bits per heavy atom. The zero-order valence-corrected chi connectivity index (χ0v) is 19.6. The van der Waals surface area contributed by atoms with E-state index in [1.807, 2.05) is 7.05 Å². The molecular formula is C21H34IN5O. The molecule has 1 heterocycles. The number of aryl methyl sites for hydroxylation is 1. The molecule has 2 aliphatic rings. The van der Waals surface area contributed by atoms with Crippen LogP contribution in [0, 0.1) is 6.92 Å².